The summed E-state index contributed by atoms with van der Waals surface area (Å²) in [6.45, 7) is 5.69. The van der Waals surface area contributed by atoms with Crippen LogP contribution in [0.1, 0.15) is 26.7 Å². The highest BCUT2D eigenvalue weighted by molar-refractivity contribution is 5.40. The Morgan fingerprint density at radius 3 is 1.71 bits per heavy atom. The van der Waals surface area contributed by atoms with Gasteiger partial charge >= 0.3 is 0 Å². The summed E-state index contributed by atoms with van der Waals surface area (Å²) in [7, 11) is 0. The molecule has 0 radical (unpaired) electrons. The van der Waals surface area contributed by atoms with E-state index in [9.17, 15) is 0 Å². The zero-order valence-electron chi connectivity index (χ0n) is 8.95. The van der Waals surface area contributed by atoms with Crippen LogP contribution in [0, 0.1) is 0 Å². The molecule has 1 aliphatic heterocycles. The highest BCUT2D eigenvalue weighted by Gasteiger charge is 2.07. The van der Waals surface area contributed by atoms with E-state index in [0.29, 0.717) is 13.2 Å². The second kappa shape index (κ2) is 6.30. The third-order valence-electron chi connectivity index (χ3n) is 1.95. The Bertz CT molecular complexity index is 231. The van der Waals surface area contributed by atoms with Crippen LogP contribution in [0.5, 0.6) is 11.5 Å². The second-order valence-corrected chi connectivity index (χ2v) is 3.14. The third-order valence-corrected chi connectivity index (χ3v) is 1.95. The molecule has 0 bridgehead atoms. The van der Waals surface area contributed by atoms with Crippen molar-refractivity contribution in [1.29, 1.82) is 0 Å². The number of para-hydroxylation sites is 2. The molecule has 2 nitrogen and oxygen atoms in total. The molecule has 0 saturated carbocycles. The van der Waals surface area contributed by atoms with Crippen LogP contribution >= 0.6 is 0 Å². The first-order chi connectivity index (χ1) is 6.88. The van der Waals surface area contributed by atoms with Gasteiger partial charge in [0, 0.05) is 0 Å². The molecule has 0 atom stereocenters. The topological polar surface area (TPSA) is 18.5 Å². The Morgan fingerprint density at radius 1 is 0.929 bits per heavy atom. The van der Waals surface area contributed by atoms with E-state index in [1.54, 1.807) is 0 Å². The van der Waals surface area contributed by atoms with Crippen LogP contribution in [0.3, 0.4) is 0 Å². The molecule has 0 fully saturated rings. The van der Waals surface area contributed by atoms with E-state index in [2.05, 4.69) is 13.8 Å². The minimum absolute atomic E-state index is 0.664. The van der Waals surface area contributed by atoms with Crippen LogP contribution < -0.4 is 9.47 Å². The van der Waals surface area contributed by atoms with Crippen molar-refractivity contribution < 1.29 is 9.47 Å². The van der Waals surface area contributed by atoms with E-state index in [1.165, 1.54) is 12.8 Å². The number of benzene rings is 1. The van der Waals surface area contributed by atoms with Gasteiger partial charge in [-0.1, -0.05) is 38.8 Å². The van der Waals surface area contributed by atoms with E-state index in [0.717, 1.165) is 11.5 Å². The van der Waals surface area contributed by atoms with Crippen molar-refractivity contribution in [2.75, 3.05) is 13.2 Å². The highest BCUT2D eigenvalue weighted by Crippen LogP contribution is 2.28. The molecule has 0 saturated heterocycles. The van der Waals surface area contributed by atoms with Crippen molar-refractivity contribution in [3.8, 4) is 11.5 Å². The fourth-order valence-electron chi connectivity index (χ4n) is 0.992. The number of hydrogen-bond acceptors (Lipinski definition) is 2. The van der Waals surface area contributed by atoms with Gasteiger partial charge in [0.25, 0.3) is 0 Å². The average Bonchev–Trinajstić information content (AvgIpc) is 2.30. The fraction of sp³-hybridized carbons (Fsp3) is 0.500. The van der Waals surface area contributed by atoms with E-state index in [-0.39, 0.29) is 0 Å². The van der Waals surface area contributed by atoms with Crippen LogP contribution in [0.15, 0.2) is 24.3 Å². The Morgan fingerprint density at radius 2 is 1.36 bits per heavy atom. The molecule has 0 amide bonds. The van der Waals surface area contributed by atoms with E-state index in [1.807, 2.05) is 24.3 Å². The van der Waals surface area contributed by atoms with Crippen LogP contribution in [0.4, 0.5) is 0 Å². The molecule has 1 aromatic carbocycles. The van der Waals surface area contributed by atoms with Crippen molar-refractivity contribution in [3.63, 3.8) is 0 Å². The summed E-state index contributed by atoms with van der Waals surface area (Å²) >= 11 is 0. The summed E-state index contributed by atoms with van der Waals surface area (Å²) in [6.07, 6.45) is 2.64. The maximum Gasteiger partial charge on any atom is 0.161 e. The average molecular weight is 194 g/mol. The molecule has 0 spiro atoms. The van der Waals surface area contributed by atoms with Crippen molar-refractivity contribution in [2.45, 2.75) is 26.7 Å². The maximum absolute atomic E-state index is 5.30. The van der Waals surface area contributed by atoms with Crippen LogP contribution in [0.25, 0.3) is 0 Å². The van der Waals surface area contributed by atoms with Crippen LogP contribution in [-0.4, -0.2) is 13.2 Å². The number of ether oxygens (including phenoxy) is 2. The Hall–Kier alpha value is -1.18. The summed E-state index contributed by atoms with van der Waals surface area (Å²) in [5, 5.41) is 0. The van der Waals surface area contributed by atoms with E-state index < -0.39 is 0 Å². The molecule has 1 aliphatic rings. The summed E-state index contributed by atoms with van der Waals surface area (Å²) in [5.41, 5.74) is 0. The van der Waals surface area contributed by atoms with Crippen molar-refractivity contribution in [3.05, 3.63) is 24.3 Å². The molecule has 14 heavy (non-hydrogen) atoms. The summed E-state index contributed by atoms with van der Waals surface area (Å²) in [4.78, 5) is 0. The molecule has 2 heteroatoms. The van der Waals surface area contributed by atoms with Crippen molar-refractivity contribution in [1.82, 2.24) is 0 Å². The first-order valence-corrected chi connectivity index (χ1v) is 5.23. The molecule has 0 aliphatic carbocycles. The molecule has 1 heterocycles. The molecular formula is C12H18O2. The normalized spacial score (nSPS) is 12.7. The number of unbranched alkanes of at least 4 members (excludes halogenated alkanes) is 1. The Labute approximate surface area is 85.8 Å². The van der Waals surface area contributed by atoms with E-state index >= 15 is 0 Å². The Balaban J connectivity index is 0.000000213. The van der Waals surface area contributed by atoms with Gasteiger partial charge in [0.15, 0.2) is 11.5 Å². The predicted octanol–water partition coefficient (Wildman–Crippen LogP) is 3.26. The monoisotopic (exact) mass is 194 g/mol. The lowest BCUT2D eigenvalue weighted by molar-refractivity contribution is 0.171. The number of rotatable bonds is 1. The maximum atomic E-state index is 5.30. The molecule has 1 aromatic rings. The summed E-state index contributed by atoms with van der Waals surface area (Å²) < 4.78 is 10.6. The van der Waals surface area contributed by atoms with Crippen LogP contribution in [-0.2, 0) is 0 Å². The van der Waals surface area contributed by atoms with Gasteiger partial charge in [0.1, 0.15) is 13.2 Å². The second-order valence-electron chi connectivity index (χ2n) is 3.14. The van der Waals surface area contributed by atoms with Gasteiger partial charge in [0.2, 0.25) is 0 Å². The van der Waals surface area contributed by atoms with Gasteiger partial charge in [-0.2, -0.15) is 0 Å². The van der Waals surface area contributed by atoms with Crippen molar-refractivity contribution in [2.24, 2.45) is 0 Å². The standard InChI is InChI=1S/C8H8O2.C4H10/c1-2-4-8-7(3-1)9-5-6-10-8;1-3-4-2/h1-4H,5-6H2;3-4H2,1-2H3. The quantitative estimate of drug-likeness (QED) is 0.683. The minimum Gasteiger partial charge on any atom is -0.486 e. The fourth-order valence-corrected chi connectivity index (χ4v) is 0.992. The molecule has 0 unspecified atom stereocenters. The summed E-state index contributed by atoms with van der Waals surface area (Å²) in [6, 6.07) is 7.70. The van der Waals surface area contributed by atoms with Gasteiger partial charge in [-0.15, -0.1) is 0 Å². The summed E-state index contributed by atoms with van der Waals surface area (Å²) in [5.74, 6) is 1.71. The van der Waals surface area contributed by atoms with Gasteiger partial charge in [-0.25, -0.2) is 0 Å². The molecule has 0 aromatic heterocycles. The predicted molar refractivity (Wildman–Crippen MR) is 58.0 cm³/mol. The number of hydrogen-bond donors (Lipinski definition) is 0. The lowest BCUT2D eigenvalue weighted by Crippen LogP contribution is -2.14. The van der Waals surface area contributed by atoms with Gasteiger partial charge in [-0.05, 0) is 12.1 Å². The lowest BCUT2D eigenvalue weighted by Gasteiger charge is -2.17. The minimum atomic E-state index is 0.664. The zero-order chi connectivity index (χ0) is 10.2. The Kier molecular flexibility index (Phi) is 4.90. The smallest absolute Gasteiger partial charge is 0.161 e. The largest absolute Gasteiger partial charge is 0.486 e. The molecular weight excluding hydrogens is 176 g/mol. The van der Waals surface area contributed by atoms with Gasteiger partial charge < -0.3 is 9.47 Å². The highest BCUT2D eigenvalue weighted by atomic mass is 16.6. The third kappa shape index (κ3) is 3.29. The molecule has 2 rings (SSSR count). The molecule has 78 valence electrons. The molecule has 0 N–H and O–H groups in total. The lowest BCUT2D eigenvalue weighted by atomic mass is 10.3. The zero-order valence-corrected chi connectivity index (χ0v) is 8.95. The first-order valence-electron chi connectivity index (χ1n) is 5.23. The van der Waals surface area contributed by atoms with Gasteiger partial charge in [0.05, 0.1) is 0 Å². The van der Waals surface area contributed by atoms with Gasteiger partial charge in [-0.3, -0.25) is 0 Å². The van der Waals surface area contributed by atoms with E-state index in [4.69, 9.17) is 9.47 Å². The van der Waals surface area contributed by atoms with Crippen LogP contribution in [0.2, 0.25) is 0 Å². The van der Waals surface area contributed by atoms with Crippen molar-refractivity contribution >= 4 is 0 Å². The first kappa shape index (κ1) is 10.9. The number of fused-ring (bicyclic) bond motifs is 1. The SMILES string of the molecule is CCCC.c1ccc2c(c1)OCCO2.